The Kier molecular flexibility index (Phi) is 7.80. The lowest BCUT2D eigenvalue weighted by atomic mass is 10.0. The first-order chi connectivity index (χ1) is 16.8. The number of anilines is 1. The highest BCUT2D eigenvalue weighted by atomic mass is 16.6. The first-order valence-electron chi connectivity index (χ1n) is 12.4. The van der Waals surface area contributed by atoms with Gasteiger partial charge in [-0.3, -0.25) is 9.69 Å². The van der Waals surface area contributed by atoms with Crippen LogP contribution >= 0.6 is 0 Å². The molecule has 0 aromatic heterocycles. The summed E-state index contributed by atoms with van der Waals surface area (Å²) in [5, 5.41) is 6.24. The molecule has 8 heteroatoms. The van der Waals surface area contributed by atoms with E-state index in [0.717, 1.165) is 36.6 Å². The molecule has 0 saturated carbocycles. The smallest absolute Gasteiger partial charge is 0.407 e. The molecule has 0 bridgehead atoms. The van der Waals surface area contributed by atoms with Crippen molar-refractivity contribution in [1.82, 2.24) is 15.1 Å². The molecule has 8 nitrogen and oxygen atoms in total. The second-order valence-corrected chi connectivity index (χ2v) is 9.99. The molecule has 2 aliphatic heterocycles. The molecule has 0 radical (unpaired) electrons. The molecular formula is C27H36N4O4. The van der Waals surface area contributed by atoms with Gasteiger partial charge in [-0.05, 0) is 76.5 Å². The van der Waals surface area contributed by atoms with Crippen molar-refractivity contribution < 1.29 is 19.1 Å². The zero-order valence-corrected chi connectivity index (χ0v) is 20.9. The van der Waals surface area contributed by atoms with Crippen LogP contribution in [0.3, 0.4) is 0 Å². The van der Waals surface area contributed by atoms with Crippen LogP contribution in [0.25, 0.3) is 0 Å². The number of carbonyl (C=O) groups excluding carboxylic acids is 2. The lowest BCUT2D eigenvalue weighted by molar-refractivity contribution is 0.0504. The van der Waals surface area contributed by atoms with E-state index >= 15 is 0 Å². The molecule has 0 spiro atoms. The SMILES string of the molecule is CC(C)(C)OC(=O)NCCN1C(=O)c2ccccc2NC1c1ccc(OCCN2CCCC2)cc1. The number of hydrogen-bond donors (Lipinski definition) is 2. The number of para-hydroxylation sites is 1. The molecule has 4 rings (SSSR count). The molecule has 1 fully saturated rings. The van der Waals surface area contributed by atoms with E-state index in [1.807, 2.05) is 69.3 Å². The summed E-state index contributed by atoms with van der Waals surface area (Å²) in [4.78, 5) is 29.6. The largest absolute Gasteiger partial charge is 0.492 e. The molecule has 2 N–H and O–H groups in total. The third-order valence-electron chi connectivity index (χ3n) is 6.11. The van der Waals surface area contributed by atoms with Gasteiger partial charge in [0, 0.05) is 25.3 Å². The van der Waals surface area contributed by atoms with Crippen molar-refractivity contribution in [2.75, 3.05) is 44.6 Å². The average Bonchev–Trinajstić information content (AvgIpc) is 3.33. The van der Waals surface area contributed by atoms with Crippen LogP contribution in [-0.4, -0.2) is 66.7 Å². The zero-order valence-electron chi connectivity index (χ0n) is 20.9. The van der Waals surface area contributed by atoms with Gasteiger partial charge in [0.05, 0.1) is 5.56 Å². The maximum absolute atomic E-state index is 13.4. The molecule has 2 aliphatic rings. The molecule has 1 unspecified atom stereocenters. The highest BCUT2D eigenvalue weighted by molar-refractivity contribution is 6.01. The lowest BCUT2D eigenvalue weighted by Gasteiger charge is -2.38. The number of carbonyl (C=O) groups is 2. The number of hydrogen-bond acceptors (Lipinski definition) is 6. The Morgan fingerprint density at radius 1 is 1.06 bits per heavy atom. The van der Waals surface area contributed by atoms with Gasteiger partial charge in [0.15, 0.2) is 0 Å². The summed E-state index contributed by atoms with van der Waals surface area (Å²) in [6, 6.07) is 15.3. The van der Waals surface area contributed by atoms with Crippen LogP contribution in [0.4, 0.5) is 10.5 Å². The van der Waals surface area contributed by atoms with Gasteiger partial charge in [-0.15, -0.1) is 0 Å². The third kappa shape index (κ3) is 6.66. The van der Waals surface area contributed by atoms with Crippen molar-refractivity contribution in [3.05, 3.63) is 59.7 Å². The van der Waals surface area contributed by atoms with E-state index < -0.39 is 11.7 Å². The van der Waals surface area contributed by atoms with Gasteiger partial charge in [0.1, 0.15) is 24.1 Å². The number of benzene rings is 2. The Hall–Kier alpha value is -3.26. The van der Waals surface area contributed by atoms with Crippen molar-refractivity contribution in [1.29, 1.82) is 0 Å². The predicted octanol–water partition coefficient (Wildman–Crippen LogP) is 4.25. The number of rotatable bonds is 8. The molecule has 0 aliphatic carbocycles. The number of nitrogens with one attached hydrogen (secondary N) is 2. The summed E-state index contributed by atoms with van der Waals surface area (Å²) in [6.07, 6.45) is 1.68. The Balaban J connectivity index is 1.42. The van der Waals surface area contributed by atoms with Crippen LogP contribution < -0.4 is 15.4 Å². The van der Waals surface area contributed by atoms with Gasteiger partial charge in [0.2, 0.25) is 0 Å². The van der Waals surface area contributed by atoms with Crippen molar-refractivity contribution in [3.63, 3.8) is 0 Å². The summed E-state index contributed by atoms with van der Waals surface area (Å²) in [5.41, 5.74) is 1.77. The van der Waals surface area contributed by atoms with E-state index in [1.165, 1.54) is 12.8 Å². The Morgan fingerprint density at radius 3 is 2.49 bits per heavy atom. The van der Waals surface area contributed by atoms with E-state index in [-0.39, 0.29) is 18.6 Å². The van der Waals surface area contributed by atoms with Crippen LogP contribution in [-0.2, 0) is 4.74 Å². The maximum atomic E-state index is 13.4. The van der Waals surface area contributed by atoms with E-state index in [0.29, 0.717) is 18.7 Å². The summed E-state index contributed by atoms with van der Waals surface area (Å²) in [5.74, 6) is 0.731. The molecule has 1 saturated heterocycles. The van der Waals surface area contributed by atoms with E-state index in [1.54, 1.807) is 4.90 Å². The third-order valence-corrected chi connectivity index (χ3v) is 6.11. The summed E-state index contributed by atoms with van der Waals surface area (Å²) < 4.78 is 11.3. The van der Waals surface area contributed by atoms with E-state index in [2.05, 4.69) is 15.5 Å². The number of amides is 2. The maximum Gasteiger partial charge on any atom is 0.407 e. The van der Waals surface area contributed by atoms with Crippen molar-refractivity contribution in [2.45, 2.75) is 45.4 Å². The van der Waals surface area contributed by atoms with Gasteiger partial charge in [-0.1, -0.05) is 24.3 Å². The van der Waals surface area contributed by atoms with Crippen molar-refractivity contribution >= 4 is 17.7 Å². The van der Waals surface area contributed by atoms with Gasteiger partial charge in [0.25, 0.3) is 5.91 Å². The van der Waals surface area contributed by atoms with Crippen molar-refractivity contribution in [2.24, 2.45) is 0 Å². The zero-order chi connectivity index (χ0) is 24.8. The topological polar surface area (TPSA) is 83.1 Å². The van der Waals surface area contributed by atoms with Crippen LogP contribution in [0.1, 0.15) is 55.7 Å². The fourth-order valence-corrected chi connectivity index (χ4v) is 4.42. The molecule has 35 heavy (non-hydrogen) atoms. The highest BCUT2D eigenvalue weighted by Gasteiger charge is 2.32. The first kappa shape index (κ1) is 24.9. The first-order valence-corrected chi connectivity index (χ1v) is 12.4. The fraction of sp³-hybridized carbons (Fsp3) is 0.481. The van der Waals surface area contributed by atoms with Gasteiger partial charge >= 0.3 is 6.09 Å². The summed E-state index contributed by atoms with van der Waals surface area (Å²) in [6.45, 7) is 9.97. The number of likely N-dealkylation sites (tertiary alicyclic amines) is 1. The van der Waals surface area contributed by atoms with Gasteiger partial charge in [-0.2, -0.15) is 0 Å². The van der Waals surface area contributed by atoms with Crippen LogP contribution in [0.5, 0.6) is 5.75 Å². The van der Waals surface area contributed by atoms with E-state index in [9.17, 15) is 9.59 Å². The Morgan fingerprint density at radius 2 is 1.77 bits per heavy atom. The van der Waals surface area contributed by atoms with Crippen LogP contribution in [0.2, 0.25) is 0 Å². The molecule has 2 aromatic carbocycles. The monoisotopic (exact) mass is 480 g/mol. The molecule has 2 heterocycles. The normalized spacial score (nSPS) is 18.1. The van der Waals surface area contributed by atoms with Gasteiger partial charge < -0.3 is 25.0 Å². The standard InChI is InChI=1S/C27H36N4O4/c1-27(2,3)35-26(33)28-14-17-31-24(29-23-9-5-4-8-22(23)25(31)32)20-10-12-21(13-11-20)34-19-18-30-15-6-7-16-30/h4-5,8-13,24,29H,6-7,14-19H2,1-3H3,(H,28,33). The van der Waals surface area contributed by atoms with E-state index in [4.69, 9.17) is 9.47 Å². The minimum absolute atomic E-state index is 0.0821. The van der Waals surface area contributed by atoms with Gasteiger partial charge in [-0.25, -0.2) is 4.79 Å². The highest BCUT2D eigenvalue weighted by Crippen LogP contribution is 2.33. The molecule has 2 aromatic rings. The number of ether oxygens (including phenoxy) is 2. The number of nitrogens with zero attached hydrogens (tertiary/aromatic N) is 2. The van der Waals surface area contributed by atoms with Crippen LogP contribution in [0, 0.1) is 0 Å². The fourth-order valence-electron chi connectivity index (χ4n) is 4.42. The Bertz CT molecular complexity index is 1010. The molecule has 188 valence electrons. The predicted molar refractivity (Wildman–Crippen MR) is 136 cm³/mol. The molecular weight excluding hydrogens is 444 g/mol. The Labute approximate surface area is 207 Å². The number of fused-ring (bicyclic) bond motifs is 1. The quantitative estimate of drug-likeness (QED) is 0.588. The summed E-state index contributed by atoms with van der Waals surface area (Å²) in [7, 11) is 0. The summed E-state index contributed by atoms with van der Waals surface area (Å²) >= 11 is 0. The lowest BCUT2D eigenvalue weighted by Crippen LogP contribution is -2.46. The average molecular weight is 481 g/mol. The number of alkyl carbamates (subject to hydrolysis) is 1. The van der Waals surface area contributed by atoms with Crippen molar-refractivity contribution in [3.8, 4) is 5.75 Å². The van der Waals surface area contributed by atoms with Crippen LogP contribution in [0.15, 0.2) is 48.5 Å². The molecule has 1 atom stereocenters. The molecule has 2 amide bonds. The minimum atomic E-state index is -0.577. The second-order valence-electron chi connectivity index (χ2n) is 9.99. The second kappa shape index (κ2) is 11.0. The minimum Gasteiger partial charge on any atom is -0.492 e.